The summed E-state index contributed by atoms with van der Waals surface area (Å²) in [5.41, 5.74) is -0.242. The Labute approximate surface area is 102 Å². The van der Waals surface area contributed by atoms with E-state index in [0.717, 1.165) is 28.2 Å². The van der Waals surface area contributed by atoms with E-state index in [-0.39, 0.29) is 11.7 Å². The van der Waals surface area contributed by atoms with Crippen molar-refractivity contribution in [2.24, 2.45) is 0 Å². The third kappa shape index (κ3) is 2.25. The Morgan fingerprint density at radius 1 is 1.73 bits per heavy atom. The smallest absolute Gasteiger partial charge is 0.126 e. The summed E-state index contributed by atoms with van der Waals surface area (Å²) >= 11 is 5.08. The van der Waals surface area contributed by atoms with Crippen molar-refractivity contribution in [3.8, 4) is 0 Å². The third-order valence-corrected chi connectivity index (χ3v) is 4.44. The van der Waals surface area contributed by atoms with Crippen molar-refractivity contribution >= 4 is 27.3 Å². The fourth-order valence-corrected chi connectivity index (χ4v) is 3.39. The van der Waals surface area contributed by atoms with Crippen molar-refractivity contribution < 1.29 is 9.47 Å². The van der Waals surface area contributed by atoms with Gasteiger partial charge >= 0.3 is 0 Å². The maximum absolute atomic E-state index is 5.70. The lowest BCUT2D eigenvalue weighted by Crippen LogP contribution is -2.39. The van der Waals surface area contributed by atoms with Crippen LogP contribution < -0.4 is 0 Å². The number of ether oxygens (including phenoxy) is 2. The van der Waals surface area contributed by atoms with Crippen molar-refractivity contribution in [1.29, 1.82) is 0 Å². The van der Waals surface area contributed by atoms with Crippen LogP contribution in [0.15, 0.2) is 9.98 Å². The zero-order valence-electron chi connectivity index (χ0n) is 8.83. The predicted octanol–water partition coefficient (Wildman–Crippen LogP) is 2.95. The van der Waals surface area contributed by atoms with Gasteiger partial charge in [0, 0.05) is 20.0 Å². The predicted molar refractivity (Wildman–Crippen MR) is 63.1 cm³/mol. The molecule has 1 aliphatic heterocycles. The van der Waals surface area contributed by atoms with Crippen LogP contribution in [-0.4, -0.2) is 24.8 Å². The average molecular weight is 292 g/mol. The van der Waals surface area contributed by atoms with Gasteiger partial charge in [0.1, 0.15) is 10.6 Å². The first-order valence-electron chi connectivity index (χ1n) is 4.95. The van der Waals surface area contributed by atoms with Gasteiger partial charge in [-0.15, -0.1) is 11.3 Å². The molecule has 1 aromatic heterocycles. The standard InChI is InChI=1S/C10H14BrNO2S/c1-7-5-10(13-2,3-4-14-7)9-12-6-8(11)15-9/h6-7H,3-5H2,1-2H3. The Balaban J connectivity index is 2.27. The highest BCUT2D eigenvalue weighted by Crippen LogP contribution is 2.40. The highest BCUT2D eigenvalue weighted by atomic mass is 79.9. The second kappa shape index (κ2) is 4.49. The van der Waals surface area contributed by atoms with Crippen LogP contribution in [0.25, 0.3) is 0 Å². The molecular weight excluding hydrogens is 278 g/mol. The van der Waals surface area contributed by atoms with Crippen molar-refractivity contribution in [1.82, 2.24) is 4.98 Å². The molecule has 1 aliphatic rings. The molecular formula is C10H14BrNO2S. The van der Waals surface area contributed by atoms with Gasteiger partial charge in [0.25, 0.3) is 0 Å². The molecule has 0 saturated carbocycles. The fourth-order valence-electron chi connectivity index (χ4n) is 1.98. The summed E-state index contributed by atoms with van der Waals surface area (Å²) in [4.78, 5) is 4.41. The molecule has 1 aromatic rings. The normalized spacial score (nSPS) is 31.8. The lowest BCUT2D eigenvalue weighted by molar-refractivity contribution is -0.122. The van der Waals surface area contributed by atoms with E-state index < -0.39 is 0 Å². The third-order valence-electron chi connectivity index (χ3n) is 2.78. The average Bonchev–Trinajstić information content (AvgIpc) is 2.65. The Morgan fingerprint density at radius 3 is 3.07 bits per heavy atom. The van der Waals surface area contributed by atoms with Crippen LogP contribution in [-0.2, 0) is 15.1 Å². The summed E-state index contributed by atoms with van der Waals surface area (Å²) in [6.07, 6.45) is 3.83. The second-order valence-corrected chi connectivity index (χ2v) is 6.21. The molecule has 0 aromatic carbocycles. The largest absolute Gasteiger partial charge is 0.378 e. The number of halogens is 1. The van der Waals surface area contributed by atoms with E-state index in [0.29, 0.717) is 0 Å². The molecule has 2 unspecified atom stereocenters. The van der Waals surface area contributed by atoms with Crippen molar-refractivity contribution in [2.75, 3.05) is 13.7 Å². The molecule has 0 aliphatic carbocycles. The van der Waals surface area contributed by atoms with E-state index in [1.807, 2.05) is 6.20 Å². The van der Waals surface area contributed by atoms with Crippen LogP contribution in [0.2, 0.25) is 0 Å². The van der Waals surface area contributed by atoms with E-state index >= 15 is 0 Å². The molecule has 2 rings (SSSR count). The second-order valence-electron chi connectivity index (χ2n) is 3.80. The highest BCUT2D eigenvalue weighted by molar-refractivity contribution is 9.11. The number of rotatable bonds is 2. The first-order chi connectivity index (χ1) is 7.16. The lowest BCUT2D eigenvalue weighted by atomic mass is 9.91. The molecule has 0 spiro atoms. The Morgan fingerprint density at radius 2 is 2.53 bits per heavy atom. The summed E-state index contributed by atoms with van der Waals surface area (Å²) < 4.78 is 12.3. The van der Waals surface area contributed by atoms with E-state index in [2.05, 4.69) is 27.8 Å². The molecule has 0 amide bonds. The number of thiazole rings is 1. The Bertz CT molecular complexity index is 344. The topological polar surface area (TPSA) is 31.4 Å². The molecule has 3 nitrogen and oxygen atoms in total. The molecule has 2 heterocycles. The SMILES string of the molecule is COC1(c2ncc(Br)s2)CCOC(C)C1. The van der Waals surface area contributed by atoms with Gasteiger partial charge in [-0.25, -0.2) is 4.98 Å². The molecule has 0 bridgehead atoms. The molecule has 2 atom stereocenters. The van der Waals surface area contributed by atoms with Crippen LogP contribution in [0.4, 0.5) is 0 Å². The lowest BCUT2D eigenvalue weighted by Gasteiger charge is -2.37. The van der Waals surface area contributed by atoms with E-state index in [4.69, 9.17) is 9.47 Å². The van der Waals surface area contributed by atoms with Crippen LogP contribution in [0, 0.1) is 0 Å². The molecule has 84 valence electrons. The number of methoxy groups -OCH3 is 1. The summed E-state index contributed by atoms with van der Waals surface area (Å²) in [5, 5.41) is 1.05. The van der Waals surface area contributed by atoms with Gasteiger partial charge in [0.2, 0.25) is 0 Å². The van der Waals surface area contributed by atoms with Crippen molar-refractivity contribution in [3.63, 3.8) is 0 Å². The Hall–Kier alpha value is 0.0300. The first kappa shape index (κ1) is 11.5. The minimum absolute atomic E-state index is 0.237. The number of aromatic nitrogens is 1. The maximum atomic E-state index is 5.70. The van der Waals surface area contributed by atoms with E-state index in [1.165, 1.54) is 0 Å². The van der Waals surface area contributed by atoms with Gasteiger partial charge in [0.05, 0.1) is 22.7 Å². The van der Waals surface area contributed by atoms with Crippen molar-refractivity contribution in [3.05, 3.63) is 15.0 Å². The summed E-state index contributed by atoms with van der Waals surface area (Å²) in [6.45, 7) is 2.82. The van der Waals surface area contributed by atoms with Crippen molar-refractivity contribution in [2.45, 2.75) is 31.5 Å². The van der Waals surface area contributed by atoms with Gasteiger partial charge < -0.3 is 9.47 Å². The Kier molecular flexibility index (Phi) is 3.45. The fraction of sp³-hybridized carbons (Fsp3) is 0.700. The monoisotopic (exact) mass is 291 g/mol. The van der Waals surface area contributed by atoms with Crippen LogP contribution >= 0.6 is 27.3 Å². The summed E-state index contributed by atoms with van der Waals surface area (Å²) in [6, 6.07) is 0. The number of hydrogen-bond acceptors (Lipinski definition) is 4. The maximum Gasteiger partial charge on any atom is 0.126 e. The highest BCUT2D eigenvalue weighted by Gasteiger charge is 2.39. The first-order valence-corrected chi connectivity index (χ1v) is 6.56. The van der Waals surface area contributed by atoms with Crippen LogP contribution in [0.1, 0.15) is 24.8 Å². The zero-order valence-corrected chi connectivity index (χ0v) is 11.2. The molecule has 15 heavy (non-hydrogen) atoms. The van der Waals surface area contributed by atoms with Gasteiger partial charge in [-0.05, 0) is 22.9 Å². The molecule has 0 N–H and O–H groups in total. The van der Waals surface area contributed by atoms with E-state index in [9.17, 15) is 0 Å². The van der Waals surface area contributed by atoms with Gasteiger partial charge in [0.15, 0.2) is 0 Å². The van der Waals surface area contributed by atoms with Crippen LogP contribution in [0.5, 0.6) is 0 Å². The van der Waals surface area contributed by atoms with Gasteiger partial charge in [-0.1, -0.05) is 0 Å². The summed E-state index contributed by atoms with van der Waals surface area (Å²) in [5.74, 6) is 0. The zero-order chi connectivity index (χ0) is 10.9. The molecule has 1 saturated heterocycles. The van der Waals surface area contributed by atoms with Crippen LogP contribution in [0.3, 0.4) is 0 Å². The molecule has 5 heteroatoms. The van der Waals surface area contributed by atoms with Gasteiger partial charge in [-0.3, -0.25) is 0 Å². The molecule has 1 fully saturated rings. The van der Waals surface area contributed by atoms with Gasteiger partial charge in [-0.2, -0.15) is 0 Å². The number of nitrogens with zero attached hydrogens (tertiary/aromatic N) is 1. The minimum atomic E-state index is -0.242. The minimum Gasteiger partial charge on any atom is -0.378 e. The number of hydrogen-bond donors (Lipinski definition) is 0. The summed E-state index contributed by atoms with van der Waals surface area (Å²) in [7, 11) is 1.76. The quantitative estimate of drug-likeness (QED) is 0.840. The molecule has 0 radical (unpaired) electrons. The van der Waals surface area contributed by atoms with E-state index in [1.54, 1.807) is 18.4 Å².